The molecule has 0 amide bonds. The van der Waals surface area contributed by atoms with E-state index in [9.17, 15) is 0 Å². The second-order valence-corrected chi connectivity index (χ2v) is 4.47. The van der Waals surface area contributed by atoms with Crippen molar-refractivity contribution in [3.05, 3.63) is 33.9 Å². The van der Waals surface area contributed by atoms with Crippen molar-refractivity contribution in [3.8, 4) is 0 Å². The highest BCUT2D eigenvalue weighted by atomic mass is 35.5. The Morgan fingerprint density at radius 2 is 2.06 bits per heavy atom. The van der Waals surface area contributed by atoms with Gasteiger partial charge in [0.25, 0.3) is 0 Å². The minimum Gasteiger partial charge on any atom is -0.395 e. The molecule has 0 unspecified atom stereocenters. The van der Waals surface area contributed by atoms with Gasteiger partial charge < -0.3 is 9.67 Å². The lowest BCUT2D eigenvalue weighted by molar-refractivity contribution is 0.278. The minimum atomic E-state index is 0.0930. The Bertz CT molecular complexity index is 519. The van der Waals surface area contributed by atoms with Gasteiger partial charge in [-0.15, -0.1) is 0 Å². The van der Waals surface area contributed by atoms with Crippen molar-refractivity contribution in [2.24, 2.45) is 0 Å². The van der Waals surface area contributed by atoms with Crippen LogP contribution in [-0.4, -0.2) is 16.3 Å². The van der Waals surface area contributed by atoms with Crippen LogP contribution in [0.15, 0.2) is 18.3 Å². The normalized spacial score (nSPS) is 11.2. The van der Waals surface area contributed by atoms with E-state index in [1.807, 2.05) is 22.9 Å². The summed E-state index contributed by atoms with van der Waals surface area (Å²) in [5.41, 5.74) is 2.14. The number of aliphatic hydroxyl groups excluding tert-OH is 1. The standard InChI is InChI=1S/C12H13Cl2NO/c1-2-8-7-15(5-6-16)12-9(8)3-4-10(13)11(12)14/h3-4,7,16H,2,5-6H2,1H3. The molecule has 1 aromatic carbocycles. The molecule has 0 spiro atoms. The zero-order valence-electron chi connectivity index (χ0n) is 9.00. The minimum absolute atomic E-state index is 0.0930. The summed E-state index contributed by atoms with van der Waals surface area (Å²) in [6.45, 7) is 2.73. The molecule has 1 aromatic heterocycles. The van der Waals surface area contributed by atoms with Gasteiger partial charge in [-0.1, -0.05) is 36.2 Å². The number of nitrogens with zero attached hydrogens (tertiary/aromatic N) is 1. The Kier molecular flexibility index (Phi) is 3.43. The molecule has 16 heavy (non-hydrogen) atoms. The van der Waals surface area contributed by atoms with E-state index in [1.165, 1.54) is 5.56 Å². The number of fused-ring (bicyclic) bond motifs is 1. The van der Waals surface area contributed by atoms with Crippen LogP contribution in [0.4, 0.5) is 0 Å². The third-order valence-electron chi connectivity index (χ3n) is 2.74. The molecule has 0 saturated carbocycles. The van der Waals surface area contributed by atoms with Crippen LogP contribution in [-0.2, 0) is 13.0 Å². The zero-order valence-corrected chi connectivity index (χ0v) is 10.5. The van der Waals surface area contributed by atoms with Crippen molar-refractivity contribution in [2.45, 2.75) is 19.9 Å². The molecule has 0 fully saturated rings. The summed E-state index contributed by atoms with van der Waals surface area (Å²) in [6.07, 6.45) is 2.97. The van der Waals surface area contributed by atoms with E-state index in [1.54, 1.807) is 0 Å². The van der Waals surface area contributed by atoms with Crippen molar-refractivity contribution in [2.75, 3.05) is 6.61 Å². The largest absolute Gasteiger partial charge is 0.395 e. The number of aromatic nitrogens is 1. The molecule has 0 atom stereocenters. The molecule has 2 nitrogen and oxygen atoms in total. The molecule has 0 radical (unpaired) electrons. The summed E-state index contributed by atoms with van der Waals surface area (Å²) in [7, 11) is 0. The molecule has 86 valence electrons. The number of aliphatic hydroxyl groups is 1. The summed E-state index contributed by atoms with van der Waals surface area (Å²) in [4.78, 5) is 0. The van der Waals surface area contributed by atoms with Crippen LogP contribution in [0, 0.1) is 0 Å². The molecule has 0 saturated heterocycles. The highest BCUT2D eigenvalue weighted by molar-refractivity contribution is 6.45. The Hall–Kier alpha value is -0.700. The van der Waals surface area contributed by atoms with Gasteiger partial charge in [-0.25, -0.2) is 0 Å². The average Bonchev–Trinajstić information content (AvgIpc) is 2.63. The van der Waals surface area contributed by atoms with E-state index in [0.29, 0.717) is 16.6 Å². The van der Waals surface area contributed by atoms with Crippen molar-refractivity contribution < 1.29 is 5.11 Å². The topological polar surface area (TPSA) is 25.2 Å². The fourth-order valence-corrected chi connectivity index (χ4v) is 2.39. The van der Waals surface area contributed by atoms with Crippen molar-refractivity contribution in [3.63, 3.8) is 0 Å². The lowest BCUT2D eigenvalue weighted by Crippen LogP contribution is -2.00. The lowest BCUT2D eigenvalue weighted by atomic mass is 10.1. The van der Waals surface area contributed by atoms with E-state index in [0.717, 1.165) is 17.3 Å². The van der Waals surface area contributed by atoms with Gasteiger partial charge in [-0.05, 0) is 18.1 Å². The van der Waals surface area contributed by atoms with Gasteiger partial charge in [0.15, 0.2) is 0 Å². The lowest BCUT2D eigenvalue weighted by Gasteiger charge is -2.05. The van der Waals surface area contributed by atoms with Crippen LogP contribution in [0.2, 0.25) is 10.0 Å². The molecule has 4 heteroatoms. The summed E-state index contributed by atoms with van der Waals surface area (Å²) in [6, 6.07) is 3.80. The molecule has 1 N–H and O–H groups in total. The number of benzene rings is 1. The fraction of sp³-hybridized carbons (Fsp3) is 0.333. The molecule has 2 aromatic rings. The predicted molar refractivity (Wildman–Crippen MR) is 68.4 cm³/mol. The molecular weight excluding hydrogens is 245 g/mol. The Morgan fingerprint density at radius 3 is 2.69 bits per heavy atom. The number of rotatable bonds is 3. The third-order valence-corrected chi connectivity index (χ3v) is 3.53. The molecule has 0 aliphatic rings. The number of hydrogen-bond donors (Lipinski definition) is 1. The molecule has 0 aliphatic carbocycles. The predicted octanol–water partition coefficient (Wildman–Crippen LogP) is 3.50. The summed E-state index contributed by atoms with van der Waals surface area (Å²) in [5.74, 6) is 0. The monoisotopic (exact) mass is 257 g/mol. The van der Waals surface area contributed by atoms with Crippen LogP contribution < -0.4 is 0 Å². The molecule has 1 heterocycles. The molecular formula is C12H13Cl2NO. The fourth-order valence-electron chi connectivity index (χ4n) is 1.97. The first-order valence-electron chi connectivity index (χ1n) is 5.25. The summed E-state index contributed by atoms with van der Waals surface area (Å²) < 4.78 is 1.96. The van der Waals surface area contributed by atoms with Gasteiger partial charge in [0.1, 0.15) is 0 Å². The maximum atomic E-state index is 9.02. The van der Waals surface area contributed by atoms with E-state index >= 15 is 0 Å². The van der Waals surface area contributed by atoms with Crippen molar-refractivity contribution in [1.29, 1.82) is 0 Å². The second-order valence-electron chi connectivity index (χ2n) is 3.68. The van der Waals surface area contributed by atoms with Crippen LogP contribution in [0.25, 0.3) is 10.9 Å². The van der Waals surface area contributed by atoms with Gasteiger partial charge in [-0.2, -0.15) is 0 Å². The van der Waals surface area contributed by atoms with Crippen molar-refractivity contribution >= 4 is 34.1 Å². The summed E-state index contributed by atoms with van der Waals surface area (Å²) >= 11 is 12.2. The maximum absolute atomic E-state index is 9.02. The third kappa shape index (κ3) is 1.81. The first-order valence-corrected chi connectivity index (χ1v) is 6.01. The molecule has 2 rings (SSSR count). The first kappa shape index (κ1) is 11.8. The smallest absolute Gasteiger partial charge is 0.0835 e. The average molecular weight is 258 g/mol. The Morgan fingerprint density at radius 1 is 1.31 bits per heavy atom. The molecule has 0 bridgehead atoms. The maximum Gasteiger partial charge on any atom is 0.0835 e. The summed E-state index contributed by atoms with van der Waals surface area (Å²) in [5, 5.41) is 11.3. The van der Waals surface area contributed by atoms with Crippen LogP contribution in [0.3, 0.4) is 0 Å². The highest BCUT2D eigenvalue weighted by Crippen LogP contribution is 2.33. The zero-order chi connectivity index (χ0) is 11.7. The van der Waals surface area contributed by atoms with Gasteiger partial charge in [0.05, 0.1) is 22.2 Å². The Labute approximate surface area is 104 Å². The van der Waals surface area contributed by atoms with Gasteiger partial charge in [0, 0.05) is 18.1 Å². The van der Waals surface area contributed by atoms with E-state index < -0.39 is 0 Å². The van der Waals surface area contributed by atoms with Crippen LogP contribution in [0.1, 0.15) is 12.5 Å². The van der Waals surface area contributed by atoms with Gasteiger partial charge in [0.2, 0.25) is 0 Å². The van der Waals surface area contributed by atoms with E-state index in [4.69, 9.17) is 28.3 Å². The Balaban J connectivity index is 2.75. The van der Waals surface area contributed by atoms with E-state index in [2.05, 4.69) is 6.92 Å². The number of halogens is 2. The first-order chi connectivity index (χ1) is 7.69. The van der Waals surface area contributed by atoms with Crippen LogP contribution >= 0.6 is 23.2 Å². The highest BCUT2D eigenvalue weighted by Gasteiger charge is 2.12. The van der Waals surface area contributed by atoms with Gasteiger partial charge >= 0.3 is 0 Å². The van der Waals surface area contributed by atoms with Crippen molar-refractivity contribution in [1.82, 2.24) is 4.57 Å². The van der Waals surface area contributed by atoms with Crippen LogP contribution in [0.5, 0.6) is 0 Å². The SMILES string of the molecule is CCc1cn(CCO)c2c(Cl)c(Cl)ccc12. The number of hydrogen-bond acceptors (Lipinski definition) is 1. The quantitative estimate of drug-likeness (QED) is 0.895. The van der Waals surface area contributed by atoms with E-state index in [-0.39, 0.29) is 6.61 Å². The van der Waals surface area contributed by atoms with Gasteiger partial charge in [-0.3, -0.25) is 0 Å². The molecule has 0 aliphatic heterocycles. The number of aryl methyl sites for hydroxylation is 1. The second kappa shape index (κ2) is 4.66.